The van der Waals surface area contributed by atoms with E-state index in [0.717, 1.165) is 24.8 Å². The summed E-state index contributed by atoms with van der Waals surface area (Å²) in [7, 11) is 0. The highest BCUT2D eigenvalue weighted by Crippen LogP contribution is 2.63. The van der Waals surface area contributed by atoms with Crippen LogP contribution in [0.2, 0.25) is 5.02 Å². The summed E-state index contributed by atoms with van der Waals surface area (Å²) in [6.45, 7) is 12.2. The van der Waals surface area contributed by atoms with Gasteiger partial charge in [-0.25, -0.2) is 0 Å². The molecule has 0 aliphatic carbocycles. The number of unbranched alkanes of at least 4 members (excludes halogenated alkanes) is 4. The fraction of sp³-hybridized carbons (Fsp3) is 0.594. The number of aryl methyl sites for hydroxylation is 1. The zero-order valence-electron chi connectivity index (χ0n) is 24.3. The molecule has 2 unspecified atom stereocenters. The molecule has 8 nitrogen and oxygen atoms in total. The first-order valence-electron chi connectivity index (χ1n) is 14.7. The molecule has 9 heteroatoms. The number of hydrogen-bond donors (Lipinski definition) is 1. The average molecular weight is 587 g/mol. The van der Waals surface area contributed by atoms with Crippen LogP contribution in [0, 0.1) is 18.8 Å². The Balaban J connectivity index is 1.72. The molecule has 1 aromatic carbocycles. The lowest BCUT2D eigenvalue weighted by atomic mass is 9.66. The van der Waals surface area contributed by atoms with Gasteiger partial charge in [-0.3, -0.25) is 14.4 Å². The Morgan fingerprint density at radius 3 is 2.63 bits per heavy atom. The van der Waals surface area contributed by atoms with E-state index in [1.807, 2.05) is 26.0 Å². The van der Waals surface area contributed by atoms with Gasteiger partial charge in [0.1, 0.15) is 17.6 Å². The van der Waals surface area contributed by atoms with Crippen LogP contribution in [-0.4, -0.2) is 71.3 Å². The van der Waals surface area contributed by atoms with Crippen molar-refractivity contribution in [3.63, 3.8) is 0 Å². The number of carbonyl (C=O) groups is 3. The molecule has 5 atom stereocenters. The van der Waals surface area contributed by atoms with Crippen LogP contribution in [0.4, 0.5) is 5.69 Å². The molecule has 1 N–H and O–H groups in total. The number of amides is 2. The maximum Gasteiger partial charge on any atom is 0.312 e. The summed E-state index contributed by atoms with van der Waals surface area (Å²) >= 11 is 6.63. The van der Waals surface area contributed by atoms with E-state index in [-0.39, 0.29) is 31.6 Å². The maximum atomic E-state index is 14.7. The number of para-hydroxylation sites is 1. The van der Waals surface area contributed by atoms with Crippen molar-refractivity contribution >= 4 is 35.1 Å². The standard InChI is InChI=1S/C32H43ClN2O6/c1-5-7-12-21-40-30(39)25-24-28(37)35(19-10-8-9-11-20-36)27(32(24)17-16-31(25,4)41-32)29(38)34(18-6-2)26-22(3)14-13-15-23(26)33/h5-6,13-15,24-25,27,36H,1-2,7-12,16-21H2,3-4H3/t24-,25-,27?,31+,32?/m0/s1. The van der Waals surface area contributed by atoms with Crippen LogP contribution in [0.15, 0.2) is 43.5 Å². The predicted molar refractivity (Wildman–Crippen MR) is 159 cm³/mol. The zero-order valence-corrected chi connectivity index (χ0v) is 25.0. The van der Waals surface area contributed by atoms with Gasteiger partial charge in [0.15, 0.2) is 0 Å². The molecular formula is C32H43ClN2O6. The van der Waals surface area contributed by atoms with Gasteiger partial charge in [-0.05, 0) is 64.0 Å². The minimum absolute atomic E-state index is 0.117. The van der Waals surface area contributed by atoms with E-state index in [1.54, 1.807) is 28.0 Å². The summed E-state index contributed by atoms with van der Waals surface area (Å²) in [6.07, 6.45) is 8.79. The number of nitrogens with zero attached hydrogens (tertiary/aromatic N) is 2. The highest BCUT2D eigenvalue weighted by molar-refractivity contribution is 6.34. The van der Waals surface area contributed by atoms with Crippen molar-refractivity contribution in [2.75, 3.05) is 31.2 Å². The summed E-state index contributed by atoms with van der Waals surface area (Å²) in [6, 6.07) is 4.54. The highest BCUT2D eigenvalue weighted by Gasteiger charge is 2.78. The first-order chi connectivity index (χ1) is 19.7. The average Bonchev–Trinajstić information content (AvgIpc) is 3.50. The lowest BCUT2D eigenvalue weighted by Gasteiger charge is -2.37. The van der Waals surface area contributed by atoms with Gasteiger partial charge in [-0.2, -0.15) is 0 Å². The molecule has 3 fully saturated rings. The molecule has 1 aromatic rings. The minimum atomic E-state index is -1.15. The number of rotatable bonds is 15. The van der Waals surface area contributed by atoms with Gasteiger partial charge >= 0.3 is 5.97 Å². The molecule has 2 amide bonds. The molecule has 3 heterocycles. The van der Waals surface area contributed by atoms with Crippen molar-refractivity contribution in [1.29, 1.82) is 0 Å². The van der Waals surface area contributed by atoms with E-state index in [1.165, 1.54) is 0 Å². The number of likely N-dealkylation sites (tertiary alicyclic amines) is 1. The third-order valence-electron chi connectivity index (χ3n) is 8.90. The Morgan fingerprint density at radius 2 is 1.95 bits per heavy atom. The SMILES string of the molecule is C=CCCCOC(=O)[C@@H]1[C@H]2C(=O)N(CCCCCCO)C(C(=O)N(CC=C)c3c(C)cccc3Cl)C23CC[C@@]1(C)O3. The molecule has 41 heavy (non-hydrogen) atoms. The second-order valence-electron chi connectivity index (χ2n) is 11.6. The Kier molecular flexibility index (Phi) is 9.98. The van der Waals surface area contributed by atoms with Crippen LogP contribution in [-0.2, 0) is 23.9 Å². The number of carbonyl (C=O) groups excluding carboxylic acids is 3. The third-order valence-corrected chi connectivity index (χ3v) is 9.21. The second kappa shape index (κ2) is 13.1. The summed E-state index contributed by atoms with van der Waals surface area (Å²) < 4.78 is 12.4. The Morgan fingerprint density at radius 1 is 1.20 bits per heavy atom. The topological polar surface area (TPSA) is 96.4 Å². The number of benzene rings is 1. The molecule has 0 saturated carbocycles. The van der Waals surface area contributed by atoms with Crippen molar-refractivity contribution in [2.45, 2.75) is 82.5 Å². The van der Waals surface area contributed by atoms with Gasteiger partial charge in [0, 0.05) is 19.7 Å². The van der Waals surface area contributed by atoms with Crippen LogP contribution in [0.3, 0.4) is 0 Å². The van der Waals surface area contributed by atoms with Gasteiger partial charge in [0.2, 0.25) is 5.91 Å². The van der Waals surface area contributed by atoms with Crippen LogP contribution in [0.1, 0.15) is 63.9 Å². The van der Waals surface area contributed by atoms with Crippen LogP contribution >= 0.6 is 11.6 Å². The molecular weight excluding hydrogens is 544 g/mol. The molecule has 3 aliphatic rings. The van der Waals surface area contributed by atoms with E-state index in [0.29, 0.717) is 49.4 Å². The number of allylic oxidation sites excluding steroid dienone is 1. The monoisotopic (exact) mass is 586 g/mol. The summed E-state index contributed by atoms with van der Waals surface area (Å²) in [5.41, 5.74) is -0.643. The van der Waals surface area contributed by atoms with Gasteiger partial charge in [0.25, 0.3) is 5.91 Å². The lowest BCUT2D eigenvalue weighted by molar-refractivity contribution is -0.159. The number of hydrogen-bond acceptors (Lipinski definition) is 6. The van der Waals surface area contributed by atoms with Gasteiger partial charge < -0.3 is 24.4 Å². The largest absolute Gasteiger partial charge is 0.465 e. The van der Waals surface area contributed by atoms with E-state index >= 15 is 0 Å². The number of ether oxygens (including phenoxy) is 2. The van der Waals surface area contributed by atoms with E-state index in [4.69, 9.17) is 21.1 Å². The van der Waals surface area contributed by atoms with Gasteiger partial charge in [0.05, 0.1) is 28.8 Å². The number of aliphatic hydroxyl groups is 1. The van der Waals surface area contributed by atoms with Crippen LogP contribution < -0.4 is 4.90 Å². The van der Waals surface area contributed by atoms with E-state index in [9.17, 15) is 19.5 Å². The summed E-state index contributed by atoms with van der Waals surface area (Å²) in [5, 5.41) is 9.61. The number of aliphatic hydroxyl groups excluding tert-OH is 1. The van der Waals surface area contributed by atoms with E-state index in [2.05, 4.69) is 13.2 Å². The Bertz CT molecular complexity index is 1150. The van der Waals surface area contributed by atoms with E-state index < -0.39 is 35.0 Å². The second-order valence-corrected chi connectivity index (χ2v) is 12.0. The highest BCUT2D eigenvalue weighted by atomic mass is 35.5. The predicted octanol–water partition coefficient (Wildman–Crippen LogP) is 4.99. The summed E-state index contributed by atoms with van der Waals surface area (Å²) in [4.78, 5) is 45.7. The summed E-state index contributed by atoms with van der Waals surface area (Å²) in [5.74, 6) is -2.58. The number of anilines is 1. The Labute approximate surface area is 248 Å². The Hall–Kier alpha value is -2.68. The fourth-order valence-electron chi connectivity index (χ4n) is 7.07. The van der Waals surface area contributed by atoms with Gasteiger partial charge in [-0.1, -0.05) is 48.7 Å². The molecule has 0 aromatic heterocycles. The number of halogens is 1. The first-order valence-corrected chi connectivity index (χ1v) is 15.1. The van der Waals surface area contributed by atoms with Crippen molar-refractivity contribution in [3.8, 4) is 0 Å². The molecule has 3 saturated heterocycles. The number of fused-ring (bicyclic) bond motifs is 1. The smallest absolute Gasteiger partial charge is 0.312 e. The van der Waals surface area contributed by atoms with Crippen LogP contribution in [0.25, 0.3) is 0 Å². The molecule has 4 rings (SSSR count). The van der Waals surface area contributed by atoms with Crippen molar-refractivity contribution in [1.82, 2.24) is 4.90 Å². The maximum absolute atomic E-state index is 14.7. The normalized spacial score (nSPS) is 28.0. The fourth-order valence-corrected chi connectivity index (χ4v) is 7.40. The molecule has 2 bridgehead atoms. The van der Waals surface area contributed by atoms with Crippen LogP contribution in [0.5, 0.6) is 0 Å². The van der Waals surface area contributed by atoms with Gasteiger partial charge in [-0.15, -0.1) is 13.2 Å². The van der Waals surface area contributed by atoms with Crippen molar-refractivity contribution < 1.29 is 29.0 Å². The molecule has 1 spiro atoms. The lowest BCUT2D eigenvalue weighted by Crippen LogP contribution is -2.56. The third kappa shape index (κ3) is 5.71. The van der Waals surface area contributed by atoms with Crippen molar-refractivity contribution in [3.05, 3.63) is 54.1 Å². The van der Waals surface area contributed by atoms with Crippen molar-refractivity contribution in [2.24, 2.45) is 11.8 Å². The molecule has 3 aliphatic heterocycles. The quantitative estimate of drug-likeness (QED) is 0.177. The minimum Gasteiger partial charge on any atom is -0.465 e. The zero-order chi connectivity index (χ0) is 29.8. The first kappa shape index (κ1) is 31.3. The molecule has 0 radical (unpaired) electrons. The molecule has 224 valence electrons. The number of esters is 1.